The molecule has 8 heteroatoms. The van der Waals surface area contributed by atoms with E-state index in [4.69, 9.17) is 4.74 Å². The average Bonchev–Trinajstić information content (AvgIpc) is 2.41. The number of methoxy groups -OCH3 is 1. The highest BCUT2D eigenvalue weighted by molar-refractivity contribution is 5.35. The molecule has 0 aliphatic carbocycles. The van der Waals surface area contributed by atoms with E-state index in [0.717, 1.165) is 12.1 Å². The first-order valence-corrected chi connectivity index (χ1v) is 5.97. The van der Waals surface area contributed by atoms with E-state index < -0.39 is 16.4 Å². The second-order valence-corrected chi connectivity index (χ2v) is 4.35. The SMILES string of the molecule is COc1nc(C)cc(=O)n1Cc1ccc([N+](=O)[O-])c(F)c1. The lowest BCUT2D eigenvalue weighted by molar-refractivity contribution is -0.387. The largest absolute Gasteiger partial charge is 0.468 e. The Morgan fingerprint density at radius 1 is 1.43 bits per heavy atom. The minimum absolute atomic E-state index is 0.00417. The number of nitro benzene ring substituents is 1. The fourth-order valence-corrected chi connectivity index (χ4v) is 1.88. The lowest BCUT2D eigenvalue weighted by Gasteiger charge is -2.11. The molecular formula is C13H12FN3O4. The highest BCUT2D eigenvalue weighted by Gasteiger charge is 2.15. The highest BCUT2D eigenvalue weighted by Crippen LogP contribution is 2.19. The third kappa shape index (κ3) is 3.04. The van der Waals surface area contributed by atoms with Gasteiger partial charge < -0.3 is 4.74 Å². The van der Waals surface area contributed by atoms with Crippen LogP contribution in [0.2, 0.25) is 0 Å². The molecule has 0 saturated carbocycles. The van der Waals surface area contributed by atoms with Crippen LogP contribution in [0.15, 0.2) is 29.1 Å². The van der Waals surface area contributed by atoms with Crippen molar-refractivity contribution in [3.05, 3.63) is 61.8 Å². The molecule has 0 spiro atoms. The van der Waals surface area contributed by atoms with Crippen molar-refractivity contribution >= 4 is 5.69 Å². The van der Waals surface area contributed by atoms with Gasteiger partial charge >= 0.3 is 5.69 Å². The predicted octanol–water partition coefficient (Wildman–Crippen LogP) is 1.66. The third-order valence-corrected chi connectivity index (χ3v) is 2.83. The number of nitrogens with zero attached hydrogens (tertiary/aromatic N) is 3. The van der Waals surface area contributed by atoms with Crippen LogP contribution in [0.3, 0.4) is 0 Å². The van der Waals surface area contributed by atoms with E-state index >= 15 is 0 Å². The van der Waals surface area contributed by atoms with Crippen molar-refractivity contribution in [3.63, 3.8) is 0 Å². The minimum atomic E-state index is -0.954. The van der Waals surface area contributed by atoms with Crippen LogP contribution in [-0.4, -0.2) is 21.6 Å². The topological polar surface area (TPSA) is 87.3 Å². The van der Waals surface area contributed by atoms with Crippen molar-refractivity contribution in [2.24, 2.45) is 0 Å². The summed E-state index contributed by atoms with van der Waals surface area (Å²) in [4.78, 5) is 25.7. The molecule has 0 fully saturated rings. The van der Waals surface area contributed by atoms with Gasteiger partial charge in [-0.2, -0.15) is 4.39 Å². The monoisotopic (exact) mass is 293 g/mol. The van der Waals surface area contributed by atoms with Crippen LogP contribution in [0, 0.1) is 22.9 Å². The molecule has 0 bridgehead atoms. The van der Waals surface area contributed by atoms with Gasteiger partial charge in [-0.1, -0.05) is 6.07 Å². The maximum Gasteiger partial charge on any atom is 0.304 e. The van der Waals surface area contributed by atoms with E-state index in [1.165, 1.54) is 23.8 Å². The van der Waals surface area contributed by atoms with Crippen molar-refractivity contribution < 1.29 is 14.1 Å². The molecule has 0 aliphatic heterocycles. The zero-order valence-corrected chi connectivity index (χ0v) is 11.4. The van der Waals surface area contributed by atoms with Gasteiger partial charge in [0.2, 0.25) is 5.82 Å². The Labute approximate surface area is 118 Å². The Kier molecular flexibility index (Phi) is 3.97. The fraction of sp³-hybridized carbons (Fsp3) is 0.231. The molecule has 0 amide bonds. The first kappa shape index (κ1) is 14.6. The Balaban J connectivity index is 2.41. The number of rotatable bonds is 4. The molecule has 0 aliphatic rings. The lowest BCUT2D eigenvalue weighted by Crippen LogP contribution is -2.23. The van der Waals surface area contributed by atoms with E-state index in [1.807, 2.05) is 0 Å². The highest BCUT2D eigenvalue weighted by atomic mass is 19.1. The van der Waals surface area contributed by atoms with Crippen LogP contribution < -0.4 is 10.3 Å². The number of ether oxygens (including phenoxy) is 1. The number of hydrogen-bond acceptors (Lipinski definition) is 5. The predicted molar refractivity (Wildman–Crippen MR) is 71.9 cm³/mol. The standard InChI is InChI=1S/C13H12FN3O4/c1-8-5-12(18)16(13(15-8)21-2)7-9-3-4-11(17(19)20)10(14)6-9/h3-6H,7H2,1-2H3. The van der Waals surface area contributed by atoms with Crippen molar-refractivity contribution in [3.8, 4) is 6.01 Å². The minimum Gasteiger partial charge on any atom is -0.468 e. The Bertz CT molecular complexity index is 758. The molecule has 0 radical (unpaired) electrons. The molecule has 0 unspecified atom stereocenters. The number of benzene rings is 1. The van der Waals surface area contributed by atoms with Gasteiger partial charge in [-0.05, 0) is 18.6 Å². The van der Waals surface area contributed by atoms with E-state index in [-0.39, 0.29) is 18.1 Å². The first-order chi connectivity index (χ1) is 9.92. The average molecular weight is 293 g/mol. The Hall–Kier alpha value is -2.77. The van der Waals surface area contributed by atoms with Crippen molar-refractivity contribution in [1.82, 2.24) is 9.55 Å². The quantitative estimate of drug-likeness (QED) is 0.632. The molecular weight excluding hydrogens is 281 g/mol. The zero-order valence-electron chi connectivity index (χ0n) is 11.4. The van der Waals surface area contributed by atoms with E-state index in [2.05, 4.69) is 4.98 Å². The molecule has 0 saturated heterocycles. The number of nitro groups is 1. The van der Waals surface area contributed by atoms with Gasteiger partial charge in [0.05, 0.1) is 18.6 Å². The lowest BCUT2D eigenvalue weighted by atomic mass is 10.2. The number of aryl methyl sites for hydroxylation is 1. The van der Waals surface area contributed by atoms with Crippen molar-refractivity contribution in [2.45, 2.75) is 13.5 Å². The van der Waals surface area contributed by atoms with Gasteiger partial charge in [0.25, 0.3) is 11.6 Å². The molecule has 110 valence electrons. The van der Waals surface area contributed by atoms with Crippen LogP contribution in [0.1, 0.15) is 11.3 Å². The summed E-state index contributed by atoms with van der Waals surface area (Å²) in [6, 6.07) is 4.88. The number of aromatic nitrogens is 2. The Morgan fingerprint density at radius 2 is 2.14 bits per heavy atom. The van der Waals surface area contributed by atoms with Crippen LogP contribution in [-0.2, 0) is 6.54 Å². The van der Waals surface area contributed by atoms with Gasteiger partial charge in [-0.15, -0.1) is 0 Å². The molecule has 0 atom stereocenters. The van der Waals surface area contributed by atoms with E-state index in [9.17, 15) is 19.3 Å². The van der Waals surface area contributed by atoms with Crippen LogP contribution in [0.5, 0.6) is 6.01 Å². The van der Waals surface area contributed by atoms with Crippen molar-refractivity contribution in [1.29, 1.82) is 0 Å². The van der Waals surface area contributed by atoms with Gasteiger partial charge in [0, 0.05) is 17.8 Å². The number of hydrogen-bond donors (Lipinski definition) is 0. The zero-order chi connectivity index (χ0) is 15.6. The summed E-state index contributed by atoms with van der Waals surface area (Å²) in [5.74, 6) is -0.954. The summed E-state index contributed by atoms with van der Waals surface area (Å²) in [5.41, 5.74) is -0.0645. The molecule has 0 N–H and O–H groups in total. The van der Waals surface area contributed by atoms with Crippen LogP contribution in [0.4, 0.5) is 10.1 Å². The van der Waals surface area contributed by atoms with Crippen LogP contribution in [0.25, 0.3) is 0 Å². The maximum absolute atomic E-state index is 13.6. The molecule has 2 rings (SSSR count). The second-order valence-electron chi connectivity index (χ2n) is 4.35. The van der Waals surface area contributed by atoms with E-state index in [0.29, 0.717) is 11.3 Å². The molecule has 7 nitrogen and oxygen atoms in total. The molecule has 1 heterocycles. The van der Waals surface area contributed by atoms with Gasteiger partial charge in [0.15, 0.2) is 0 Å². The van der Waals surface area contributed by atoms with Crippen molar-refractivity contribution in [2.75, 3.05) is 7.11 Å². The van der Waals surface area contributed by atoms with Gasteiger partial charge in [0.1, 0.15) is 0 Å². The Morgan fingerprint density at radius 3 is 2.71 bits per heavy atom. The fourth-order valence-electron chi connectivity index (χ4n) is 1.88. The normalized spacial score (nSPS) is 10.4. The molecule has 2 aromatic rings. The van der Waals surface area contributed by atoms with Crippen LogP contribution >= 0.6 is 0 Å². The summed E-state index contributed by atoms with van der Waals surface area (Å²) in [7, 11) is 1.37. The van der Waals surface area contributed by atoms with Gasteiger partial charge in [-0.3, -0.25) is 19.5 Å². The smallest absolute Gasteiger partial charge is 0.304 e. The maximum atomic E-state index is 13.6. The molecule has 1 aromatic carbocycles. The third-order valence-electron chi connectivity index (χ3n) is 2.83. The summed E-state index contributed by atoms with van der Waals surface area (Å²) in [6.07, 6.45) is 0. The van der Waals surface area contributed by atoms with Gasteiger partial charge in [-0.25, -0.2) is 4.98 Å². The summed E-state index contributed by atoms with van der Waals surface area (Å²) < 4.78 is 19.8. The summed E-state index contributed by atoms with van der Waals surface area (Å²) in [5, 5.41) is 10.6. The summed E-state index contributed by atoms with van der Waals surface area (Å²) >= 11 is 0. The first-order valence-electron chi connectivity index (χ1n) is 5.97. The second kappa shape index (κ2) is 5.70. The molecule has 21 heavy (non-hydrogen) atoms. The summed E-state index contributed by atoms with van der Waals surface area (Å²) in [6.45, 7) is 1.66. The number of halogens is 1. The molecule has 1 aromatic heterocycles. The van der Waals surface area contributed by atoms with E-state index in [1.54, 1.807) is 6.92 Å².